The molecular weight excluding hydrogens is 817 g/mol. The van der Waals surface area contributed by atoms with Crippen LogP contribution in [0.1, 0.15) is 93.6 Å². The number of rotatable bonds is 9. The van der Waals surface area contributed by atoms with E-state index in [-0.39, 0.29) is 47.9 Å². The van der Waals surface area contributed by atoms with Gasteiger partial charge in [-0.1, -0.05) is 91.5 Å². The van der Waals surface area contributed by atoms with Crippen molar-refractivity contribution in [3.63, 3.8) is 0 Å². The average Bonchev–Trinajstić information content (AvgIpc) is 3.78. The molecule has 0 saturated heterocycles. The average molecular weight is 866 g/mol. The first kappa shape index (κ1) is 39.2. The molecule has 0 atom stereocenters. The number of thiophene rings is 1. The van der Waals surface area contributed by atoms with Crippen LogP contribution in [0.3, 0.4) is 0 Å². The van der Waals surface area contributed by atoms with E-state index in [2.05, 4.69) is 74.3 Å². The molecule has 0 fully saturated rings. The maximum Gasteiger partial charge on any atom is 0.164 e. The van der Waals surface area contributed by atoms with Gasteiger partial charge in [-0.3, -0.25) is 14.8 Å². The fourth-order valence-electron chi connectivity index (χ4n) is 6.04. The molecule has 4 aromatic heterocycles. The van der Waals surface area contributed by atoms with Gasteiger partial charge in [-0.25, -0.2) is 0 Å². The quantitative estimate of drug-likeness (QED) is 0.0890. The zero-order chi connectivity index (χ0) is 35.6. The van der Waals surface area contributed by atoms with Gasteiger partial charge in [0, 0.05) is 76.3 Å². The van der Waals surface area contributed by atoms with Crippen molar-refractivity contribution in [2.45, 2.75) is 93.4 Å². The van der Waals surface area contributed by atoms with Gasteiger partial charge in [0.1, 0.15) is 11.3 Å². The minimum absolute atomic E-state index is 0. The number of aromatic nitrogens is 2. The molecular formula is C43H49IrN2O3S-. The van der Waals surface area contributed by atoms with E-state index in [0.717, 1.165) is 69.3 Å². The Morgan fingerprint density at radius 1 is 0.860 bits per heavy atom. The third-order valence-electron chi connectivity index (χ3n) is 10.5. The minimum Gasteiger partial charge on any atom is -0.512 e. The molecule has 7 heteroatoms. The number of benzene rings is 2. The van der Waals surface area contributed by atoms with Gasteiger partial charge >= 0.3 is 0 Å². The number of aliphatic hydroxyl groups excluding tert-OH is 1. The van der Waals surface area contributed by atoms with E-state index in [9.17, 15) is 9.90 Å². The van der Waals surface area contributed by atoms with E-state index >= 15 is 0 Å². The van der Waals surface area contributed by atoms with Gasteiger partial charge in [-0.2, -0.15) is 0 Å². The number of pyridine rings is 2. The molecule has 2 aromatic carbocycles. The van der Waals surface area contributed by atoms with E-state index in [4.69, 9.17) is 9.40 Å². The van der Waals surface area contributed by atoms with Crippen molar-refractivity contribution in [2.75, 3.05) is 0 Å². The van der Waals surface area contributed by atoms with Gasteiger partial charge < -0.3 is 9.52 Å². The van der Waals surface area contributed by atoms with Gasteiger partial charge in [0.05, 0.1) is 6.26 Å². The normalized spacial score (nSPS) is 12.5. The van der Waals surface area contributed by atoms with Crippen LogP contribution in [0.5, 0.6) is 0 Å². The number of allylic oxidation sites excluding steroid dienone is 2. The zero-order valence-electron chi connectivity index (χ0n) is 30.7. The van der Waals surface area contributed by atoms with Gasteiger partial charge in [0.25, 0.3) is 0 Å². The van der Waals surface area contributed by atoms with Crippen molar-refractivity contribution in [3.05, 3.63) is 96.7 Å². The Balaban J connectivity index is 0.000000269. The Morgan fingerprint density at radius 2 is 1.52 bits per heavy atom. The van der Waals surface area contributed by atoms with Crippen LogP contribution in [0.25, 0.3) is 53.7 Å². The summed E-state index contributed by atoms with van der Waals surface area (Å²) >= 11 is 1.75. The number of hydrogen-bond acceptors (Lipinski definition) is 6. The van der Waals surface area contributed by atoms with Crippen LogP contribution in [0.4, 0.5) is 0 Å². The summed E-state index contributed by atoms with van der Waals surface area (Å²) in [5, 5.41) is 13.6. The molecule has 0 aliphatic rings. The van der Waals surface area contributed by atoms with Crippen molar-refractivity contribution in [2.24, 2.45) is 10.8 Å². The van der Waals surface area contributed by atoms with Gasteiger partial charge in [0.2, 0.25) is 0 Å². The molecule has 0 aliphatic heterocycles. The van der Waals surface area contributed by atoms with Crippen molar-refractivity contribution in [1.82, 2.24) is 9.97 Å². The Labute approximate surface area is 314 Å². The maximum absolute atomic E-state index is 12.2. The van der Waals surface area contributed by atoms with Crippen molar-refractivity contribution in [1.29, 1.82) is 0 Å². The van der Waals surface area contributed by atoms with Crippen LogP contribution in [0.15, 0.2) is 89.5 Å². The summed E-state index contributed by atoms with van der Waals surface area (Å²) in [6, 6.07) is 22.6. The van der Waals surface area contributed by atoms with Crippen molar-refractivity contribution >= 4 is 49.1 Å². The molecule has 0 spiro atoms. The second-order valence-corrected chi connectivity index (χ2v) is 15.6. The molecule has 50 heavy (non-hydrogen) atoms. The summed E-state index contributed by atoms with van der Waals surface area (Å²) < 4.78 is 6.93. The molecule has 6 rings (SSSR count). The first-order chi connectivity index (χ1) is 23.3. The van der Waals surface area contributed by atoms with Crippen LogP contribution in [-0.4, -0.2) is 20.9 Å². The summed E-state index contributed by atoms with van der Waals surface area (Å²) in [5.74, 6) is 0.286. The third kappa shape index (κ3) is 7.81. The number of ketones is 1. The molecule has 0 amide bonds. The van der Waals surface area contributed by atoms with Crippen LogP contribution in [-0.2, 0) is 30.3 Å². The number of furan rings is 1. The van der Waals surface area contributed by atoms with E-state index in [1.807, 2.05) is 66.1 Å². The largest absolute Gasteiger partial charge is 0.512 e. The standard InChI is InChI=1S/C28H21N2OS.C15H28O2.Ir/c1-28(2,3)22-15-18(14-17-6-4-5-7-19(17)22)26-21-16-25(32-24(21)9-12-30-26)20-8-11-29-23-10-13-31-27(20)23;1-7-14(5,8-2)12(16)11-13(17)15(6,9-3)10-4;/h4-13,15-16H,1-3H3;11,16H,7-10H2,1-6H3;/q-1;;/b;12-11-;. The number of aliphatic hydroxyl groups is 1. The van der Waals surface area contributed by atoms with Crippen molar-refractivity contribution in [3.8, 4) is 21.7 Å². The van der Waals surface area contributed by atoms with Crippen LogP contribution < -0.4 is 0 Å². The number of carbonyl (C=O) groups excluding carboxylic acids is 1. The van der Waals surface area contributed by atoms with E-state index < -0.39 is 0 Å². The summed E-state index contributed by atoms with van der Waals surface area (Å²) in [4.78, 5) is 22.5. The molecule has 6 aromatic rings. The van der Waals surface area contributed by atoms with E-state index in [1.165, 1.54) is 21.7 Å². The maximum atomic E-state index is 12.2. The Bertz CT molecular complexity index is 2130. The topological polar surface area (TPSA) is 76.2 Å². The molecule has 0 saturated carbocycles. The minimum atomic E-state index is -0.337. The van der Waals surface area contributed by atoms with E-state index in [1.54, 1.807) is 17.6 Å². The van der Waals surface area contributed by atoms with Crippen LogP contribution in [0.2, 0.25) is 0 Å². The van der Waals surface area contributed by atoms with Crippen molar-refractivity contribution < 1.29 is 34.4 Å². The summed E-state index contributed by atoms with van der Waals surface area (Å²) in [6.07, 6.45) is 10.2. The number of nitrogens with zero attached hydrogens (tertiary/aromatic N) is 2. The zero-order valence-corrected chi connectivity index (χ0v) is 33.9. The molecule has 0 aliphatic carbocycles. The van der Waals surface area contributed by atoms with Crippen LogP contribution >= 0.6 is 11.3 Å². The van der Waals surface area contributed by atoms with Gasteiger partial charge in [0.15, 0.2) is 11.4 Å². The summed E-state index contributed by atoms with van der Waals surface area (Å²) in [6.45, 7) is 18.9. The Hall–Kier alpha value is -3.64. The monoisotopic (exact) mass is 866 g/mol. The van der Waals surface area contributed by atoms with E-state index in [0.29, 0.717) is 0 Å². The predicted octanol–water partition coefficient (Wildman–Crippen LogP) is 12.7. The molecule has 5 nitrogen and oxygen atoms in total. The van der Waals surface area contributed by atoms with Gasteiger partial charge in [-0.05, 0) is 54.7 Å². The fourth-order valence-corrected chi connectivity index (χ4v) is 7.12. The summed E-state index contributed by atoms with van der Waals surface area (Å²) in [7, 11) is 0. The SMILES string of the molecule is CC(C)(C)c1cc(-c2nccc3sc(-c4ccnc5ccoc45)cc23)[c-]c2ccccc12.CCC(C)(CC)C(=O)/C=C(\O)C(C)(CC)CC.[Ir]. The molecule has 1 N–H and O–H groups in total. The molecule has 1 radical (unpaired) electrons. The number of fused-ring (bicyclic) bond motifs is 3. The van der Waals surface area contributed by atoms with Crippen LogP contribution in [0, 0.1) is 16.9 Å². The smallest absolute Gasteiger partial charge is 0.164 e. The second kappa shape index (κ2) is 15.7. The van der Waals surface area contributed by atoms with Gasteiger partial charge in [-0.15, -0.1) is 40.5 Å². The predicted molar refractivity (Wildman–Crippen MR) is 206 cm³/mol. The molecule has 0 unspecified atom stereocenters. The Morgan fingerprint density at radius 3 is 2.18 bits per heavy atom. The summed E-state index contributed by atoms with van der Waals surface area (Å²) in [5.41, 5.74) is 5.46. The number of carbonyl (C=O) groups is 1. The third-order valence-corrected chi connectivity index (χ3v) is 11.6. The fraction of sp³-hybridized carbons (Fsp3) is 0.372. The molecule has 0 bridgehead atoms. The number of hydrogen-bond donors (Lipinski definition) is 1. The molecule has 4 heterocycles. The molecule has 265 valence electrons. The first-order valence-electron chi connectivity index (χ1n) is 17.4. The Kier molecular flexibility index (Phi) is 12.3. The first-order valence-corrected chi connectivity index (χ1v) is 18.2. The second-order valence-electron chi connectivity index (χ2n) is 14.5.